The lowest BCUT2D eigenvalue weighted by Gasteiger charge is -2.18. The van der Waals surface area contributed by atoms with E-state index in [2.05, 4.69) is 15.6 Å². The van der Waals surface area contributed by atoms with Crippen LogP contribution >= 0.6 is 0 Å². The van der Waals surface area contributed by atoms with Crippen LogP contribution in [0, 0.1) is 0 Å². The van der Waals surface area contributed by atoms with Gasteiger partial charge in [-0.1, -0.05) is 0 Å². The van der Waals surface area contributed by atoms with Crippen molar-refractivity contribution < 1.29 is 14.3 Å². The number of amides is 1. The van der Waals surface area contributed by atoms with Crippen LogP contribution in [-0.2, 0) is 4.79 Å². The van der Waals surface area contributed by atoms with Gasteiger partial charge in [0.2, 0.25) is 5.91 Å². The molecule has 1 aromatic carbocycles. The van der Waals surface area contributed by atoms with E-state index in [0.29, 0.717) is 32.1 Å². The largest absolute Gasteiger partial charge is 0.497 e. The molecule has 0 saturated carbocycles. The monoisotopic (exact) mass is 364 g/mol. The maximum absolute atomic E-state index is 12.0. The van der Waals surface area contributed by atoms with E-state index in [0.717, 1.165) is 31.1 Å². The smallest absolute Gasteiger partial charge is 0.224 e. The van der Waals surface area contributed by atoms with Crippen LogP contribution in [0.5, 0.6) is 11.5 Å². The fourth-order valence-electron chi connectivity index (χ4n) is 2.35. The minimum atomic E-state index is 0.137. The van der Waals surface area contributed by atoms with Gasteiger partial charge in [0.25, 0.3) is 0 Å². The molecule has 0 bridgehead atoms. The lowest BCUT2D eigenvalue weighted by Crippen LogP contribution is -2.39. The van der Waals surface area contributed by atoms with E-state index in [9.17, 15) is 4.79 Å². The van der Waals surface area contributed by atoms with Crippen molar-refractivity contribution in [1.82, 2.24) is 15.5 Å². The van der Waals surface area contributed by atoms with Crippen molar-refractivity contribution in [3.63, 3.8) is 0 Å². The molecule has 0 aliphatic rings. The third-order valence-electron chi connectivity index (χ3n) is 3.78. The van der Waals surface area contributed by atoms with Crippen LogP contribution in [0.3, 0.4) is 0 Å². The third kappa shape index (κ3) is 8.09. The van der Waals surface area contributed by atoms with Crippen LogP contribution in [-0.4, -0.2) is 63.2 Å². The summed E-state index contributed by atoms with van der Waals surface area (Å²) in [5.41, 5.74) is 0. The summed E-state index contributed by atoms with van der Waals surface area (Å²) in [6, 6.07) is 7.47. The van der Waals surface area contributed by atoms with Crippen molar-refractivity contribution in [3.05, 3.63) is 24.3 Å². The Bertz CT molecular complexity index is 542. The molecule has 7 heteroatoms. The van der Waals surface area contributed by atoms with Crippen molar-refractivity contribution >= 4 is 11.9 Å². The number of carbonyl (C=O) groups is 1. The Hall–Kier alpha value is -2.44. The van der Waals surface area contributed by atoms with Gasteiger partial charge >= 0.3 is 0 Å². The molecule has 1 rings (SSSR count). The first-order valence-corrected chi connectivity index (χ1v) is 9.21. The van der Waals surface area contributed by atoms with Gasteiger partial charge in [-0.05, 0) is 45.0 Å². The van der Waals surface area contributed by atoms with Gasteiger partial charge in [0.05, 0.1) is 20.2 Å². The number of guanidine groups is 1. The van der Waals surface area contributed by atoms with Gasteiger partial charge in [-0.15, -0.1) is 0 Å². The van der Waals surface area contributed by atoms with Crippen molar-refractivity contribution in [2.45, 2.75) is 27.2 Å². The molecule has 0 radical (unpaired) electrons. The van der Waals surface area contributed by atoms with Gasteiger partial charge < -0.3 is 25.0 Å². The van der Waals surface area contributed by atoms with E-state index >= 15 is 0 Å². The van der Waals surface area contributed by atoms with Gasteiger partial charge in [-0.2, -0.15) is 0 Å². The number of aliphatic imine (C=N–C) groups is 1. The maximum atomic E-state index is 12.0. The fraction of sp³-hybridized carbons (Fsp3) is 0.579. The van der Waals surface area contributed by atoms with Gasteiger partial charge in [0.15, 0.2) is 5.96 Å². The molecule has 1 aromatic rings. The summed E-state index contributed by atoms with van der Waals surface area (Å²) in [4.78, 5) is 18.3. The number of nitrogens with one attached hydrogen (secondary N) is 2. The predicted octanol–water partition coefficient (Wildman–Crippen LogP) is 1.89. The van der Waals surface area contributed by atoms with E-state index in [4.69, 9.17) is 9.47 Å². The van der Waals surface area contributed by atoms with Crippen LogP contribution in [0.1, 0.15) is 27.2 Å². The average molecular weight is 364 g/mol. The summed E-state index contributed by atoms with van der Waals surface area (Å²) in [6.07, 6.45) is 0.417. The van der Waals surface area contributed by atoms with Crippen molar-refractivity contribution in [2.75, 3.05) is 46.4 Å². The Morgan fingerprint density at radius 3 is 2.31 bits per heavy atom. The molecule has 0 spiro atoms. The highest BCUT2D eigenvalue weighted by atomic mass is 16.5. The first-order valence-electron chi connectivity index (χ1n) is 9.21. The predicted molar refractivity (Wildman–Crippen MR) is 105 cm³/mol. The number of rotatable bonds is 11. The van der Waals surface area contributed by atoms with Gasteiger partial charge in [-0.25, -0.2) is 0 Å². The average Bonchev–Trinajstić information content (AvgIpc) is 2.66. The quantitative estimate of drug-likeness (QED) is 0.356. The summed E-state index contributed by atoms with van der Waals surface area (Å²) in [7, 11) is 1.64. The second-order valence-electron chi connectivity index (χ2n) is 5.53. The zero-order valence-corrected chi connectivity index (χ0v) is 16.4. The molecule has 0 saturated heterocycles. The molecule has 0 atom stereocenters. The summed E-state index contributed by atoms with van der Waals surface area (Å²) >= 11 is 0. The first kappa shape index (κ1) is 21.6. The van der Waals surface area contributed by atoms with Crippen LogP contribution in [0.2, 0.25) is 0 Å². The molecule has 0 aliphatic carbocycles. The van der Waals surface area contributed by atoms with Crippen molar-refractivity contribution in [3.8, 4) is 11.5 Å². The summed E-state index contributed by atoms with van der Waals surface area (Å²) < 4.78 is 10.8. The summed E-state index contributed by atoms with van der Waals surface area (Å²) in [6.45, 7) is 9.79. The molecule has 0 heterocycles. The lowest BCUT2D eigenvalue weighted by atomic mass is 10.3. The molecular formula is C19H32N4O3. The van der Waals surface area contributed by atoms with Gasteiger partial charge in [-0.3, -0.25) is 9.79 Å². The molecular weight excluding hydrogens is 332 g/mol. The van der Waals surface area contributed by atoms with Crippen LogP contribution < -0.4 is 20.1 Å². The number of ether oxygens (including phenoxy) is 2. The molecule has 0 aliphatic heterocycles. The van der Waals surface area contributed by atoms with Crippen molar-refractivity contribution in [1.29, 1.82) is 0 Å². The number of methoxy groups -OCH3 is 1. The molecule has 0 aromatic heterocycles. The van der Waals surface area contributed by atoms with Crippen LogP contribution in [0.25, 0.3) is 0 Å². The lowest BCUT2D eigenvalue weighted by molar-refractivity contribution is -0.130. The zero-order valence-electron chi connectivity index (χ0n) is 16.4. The summed E-state index contributed by atoms with van der Waals surface area (Å²) in [5, 5.41) is 6.38. The third-order valence-corrected chi connectivity index (χ3v) is 3.78. The second kappa shape index (κ2) is 12.9. The topological polar surface area (TPSA) is 75.2 Å². The van der Waals surface area contributed by atoms with E-state index in [-0.39, 0.29) is 5.91 Å². The van der Waals surface area contributed by atoms with Crippen LogP contribution in [0.15, 0.2) is 29.3 Å². The maximum Gasteiger partial charge on any atom is 0.224 e. The SMILES string of the molecule is CCNC(=NCCC(=O)N(CC)CC)NCCOc1ccc(OC)cc1. The standard InChI is InChI=1S/C19H32N4O3/c1-5-20-19(21-13-12-18(24)23(6-2)7-3)22-14-15-26-17-10-8-16(25-4)9-11-17/h8-11H,5-7,12-15H2,1-4H3,(H2,20,21,22). The minimum Gasteiger partial charge on any atom is -0.497 e. The second-order valence-corrected chi connectivity index (χ2v) is 5.53. The van der Waals surface area contributed by atoms with E-state index in [1.54, 1.807) is 7.11 Å². The number of hydrogen-bond donors (Lipinski definition) is 2. The Labute approximate surface area is 156 Å². The Morgan fingerprint density at radius 1 is 1.08 bits per heavy atom. The number of benzene rings is 1. The summed E-state index contributed by atoms with van der Waals surface area (Å²) in [5.74, 6) is 2.42. The molecule has 146 valence electrons. The molecule has 1 amide bonds. The highest BCUT2D eigenvalue weighted by Crippen LogP contribution is 2.16. The van der Waals surface area contributed by atoms with E-state index in [1.165, 1.54) is 0 Å². The molecule has 2 N–H and O–H groups in total. The van der Waals surface area contributed by atoms with Crippen molar-refractivity contribution in [2.24, 2.45) is 4.99 Å². The Morgan fingerprint density at radius 2 is 1.73 bits per heavy atom. The number of nitrogens with zero attached hydrogens (tertiary/aromatic N) is 2. The Balaban J connectivity index is 2.35. The van der Waals surface area contributed by atoms with Gasteiger partial charge in [0, 0.05) is 26.1 Å². The minimum absolute atomic E-state index is 0.137. The first-order chi connectivity index (χ1) is 12.6. The van der Waals surface area contributed by atoms with E-state index in [1.807, 2.05) is 49.9 Å². The Kier molecular flexibility index (Phi) is 10.7. The number of carbonyl (C=O) groups excluding carboxylic acids is 1. The zero-order chi connectivity index (χ0) is 19.2. The highest BCUT2D eigenvalue weighted by Gasteiger charge is 2.08. The number of hydrogen-bond acceptors (Lipinski definition) is 4. The normalized spacial score (nSPS) is 11.0. The molecule has 7 nitrogen and oxygen atoms in total. The van der Waals surface area contributed by atoms with E-state index < -0.39 is 0 Å². The van der Waals surface area contributed by atoms with Crippen LogP contribution in [0.4, 0.5) is 0 Å². The van der Waals surface area contributed by atoms with Gasteiger partial charge in [0.1, 0.15) is 18.1 Å². The fourth-order valence-corrected chi connectivity index (χ4v) is 2.35. The highest BCUT2D eigenvalue weighted by molar-refractivity contribution is 5.80. The molecule has 0 fully saturated rings. The molecule has 26 heavy (non-hydrogen) atoms. The molecule has 0 unspecified atom stereocenters.